The van der Waals surface area contributed by atoms with E-state index in [1.54, 1.807) is 0 Å². The van der Waals surface area contributed by atoms with E-state index in [-0.39, 0.29) is 16.4 Å². The van der Waals surface area contributed by atoms with Gasteiger partial charge in [0.2, 0.25) is 0 Å². The van der Waals surface area contributed by atoms with Crippen LogP contribution >= 0.6 is 0 Å². The monoisotopic (exact) mass is 288 g/mol. The summed E-state index contributed by atoms with van der Waals surface area (Å²) in [7, 11) is 0. The summed E-state index contributed by atoms with van der Waals surface area (Å²) in [5.41, 5.74) is 0. The molecule has 0 saturated carbocycles. The molecular weight excluding hydrogens is 275 g/mol. The Morgan fingerprint density at radius 2 is 1.25 bits per heavy atom. The van der Waals surface area contributed by atoms with Crippen LogP contribution in [-0.2, 0) is 24.4 Å². The van der Waals surface area contributed by atoms with Crippen molar-refractivity contribution >= 4 is 0 Å². The predicted octanol–water partition coefficient (Wildman–Crippen LogP) is 1.08. The molecule has 0 bridgehead atoms. The molecule has 0 atom stereocenters. The van der Waals surface area contributed by atoms with E-state index in [0.717, 1.165) is 5.92 Å². The zero-order valence-electron chi connectivity index (χ0n) is 5.13. The summed E-state index contributed by atoms with van der Waals surface area (Å²) in [6.07, 6.45) is 0. The minimum atomic E-state index is 0. The van der Waals surface area contributed by atoms with E-state index < -0.39 is 0 Å². The van der Waals surface area contributed by atoms with Crippen molar-refractivity contribution in [3.05, 3.63) is 0 Å². The van der Waals surface area contributed by atoms with Crippen molar-refractivity contribution in [3.63, 3.8) is 0 Å². The van der Waals surface area contributed by atoms with Crippen molar-refractivity contribution in [3.8, 4) is 0 Å². The third kappa shape index (κ3) is 29.5. The maximum absolute atomic E-state index is 2.26. The molecule has 0 aliphatic heterocycles. The fourth-order valence-electron chi connectivity index (χ4n) is 0. The van der Waals surface area contributed by atoms with Crippen LogP contribution in [0.2, 0.25) is 4.18 Å². The fourth-order valence-corrected chi connectivity index (χ4v) is 0. The van der Waals surface area contributed by atoms with Gasteiger partial charge in [-0.1, -0.05) is 0 Å². The van der Waals surface area contributed by atoms with Crippen molar-refractivity contribution in [1.29, 1.82) is 0 Å². The normalized spacial score (nSPS) is 6.12. The average Bonchev–Trinajstić information content (AvgIpc) is 1.38. The number of hydrogen-bond acceptors (Lipinski definition) is 3. The first kappa shape index (κ1) is 23.3. The zero-order chi connectivity index (χ0) is 4.28. The molecule has 0 aromatic carbocycles. The smallest absolute Gasteiger partial charge is 0.870 e. The van der Waals surface area contributed by atoms with E-state index >= 15 is 0 Å². The van der Waals surface area contributed by atoms with Gasteiger partial charge in [-0.15, -0.1) is 0 Å². The maximum Gasteiger partial charge on any atom is -0.870 e. The first-order valence-electron chi connectivity index (χ1n) is 1.92. The second-order valence-electron chi connectivity index (χ2n) is 1.60. The fraction of sp³-hybridized carbons (Fsp3) is 1.00. The Morgan fingerprint density at radius 3 is 1.25 bits per heavy atom. The third-order valence-corrected chi connectivity index (χ3v) is 3.34. The second kappa shape index (κ2) is 15.7. The Labute approximate surface area is 65.0 Å². The van der Waals surface area contributed by atoms with E-state index in [1.807, 2.05) is 0 Å². The van der Waals surface area contributed by atoms with Gasteiger partial charge in [0.05, 0.1) is 0 Å². The molecular formula is C4H12HfO3. The summed E-state index contributed by atoms with van der Waals surface area (Å²) in [5.74, 6) is 0.946. The molecule has 50 valence electrons. The van der Waals surface area contributed by atoms with Gasteiger partial charge in [-0.25, -0.2) is 0 Å². The minimum absolute atomic E-state index is 0. The van der Waals surface area contributed by atoms with Crippen LogP contribution in [0, 0.1) is 5.92 Å². The van der Waals surface area contributed by atoms with Crippen molar-refractivity contribution in [2.24, 2.45) is 5.92 Å². The van der Waals surface area contributed by atoms with E-state index in [4.69, 9.17) is 0 Å². The predicted molar refractivity (Wildman–Crippen MR) is 25.5 cm³/mol. The summed E-state index contributed by atoms with van der Waals surface area (Å²) < 4.78 is 1.44. The molecule has 8 heavy (non-hydrogen) atoms. The molecule has 4 heteroatoms. The molecule has 0 fully saturated rings. The molecule has 3 N–H and O–H groups in total. The largest absolute Gasteiger partial charge is 0.870 e. The van der Waals surface area contributed by atoms with E-state index in [2.05, 4.69) is 13.8 Å². The SMILES string of the molecule is CC(C)[CH2][Hf+3].[OH-].[OH-].[OH-]. The summed E-state index contributed by atoms with van der Waals surface area (Å²) >= 11 is 1.37. The van der Waals surface area contributed by atoms with Crippen molar-refractivity contribution in [1.82, 2.24) is 0 Å². The summed E-state index contributed by atoms with van der Waals surface area (Å²) in [6.45, 7) is 4.51. The van der Waals surface area contributed by atoms with Gasteiger partial charge in [0, 0.05) is 0 Å². The number of hydrogen-bond donors (Lipinski definition) is 0. The van der Waals surface area contributed by atoms with Crippen LogP contribution in [-0.4, -0.2) is 16.4 Å². The Kier molecular flexibility index (Phi) is 45.6. The van der Waals surface area contributed by atoms with Crippen molar-refractivity contribution < 1.29 is 40.8 Å². The van der Waals surface area contributed by atoms with E-state index in [1.165, 1.54) is 28.6 Å². The van der Waals surface area contributed by atoms with Gasteiger partial charge in [0.1, 0.15) is 0 Å². The average molecular weight is 287 g/mol. The van der Waals surface area contributed by atoms with E-state index in [9.17, 15) is 0 Å². The summed E-state index contributed by atoms with van der Waals surface area (Å²) in [4.78, 5) is 0. The molecule has 0 aliphatic rings. The molecule has 0 aliphatic carbocycles. The Balaban J connectivity index is -0.0000000267. The van der Waals surface area contributed by atoms with Gasteiger partial charge >= 0.3 is 48.3 Å². The molecule has 0 unspecified atom stereocenters. The molecule has 0 heterocycles. The topological polar surface area (TPSA) is 90.0 Å². The zero-order valence-corrected chi connectivity index (χ0v) is 8.72. The molecule has 0 spiro atoms. The first-order valence-corrected chi connectivity index (χ1v) is 4.46. The second-order valence-corrected chi connectivity index (χ2v) is 3.06. The number of rotatable bonds is 1. The van der Waals surface area contributed by atoms with Crippen LogP contribution in [0.25, 0.3) is 0 Å². The van der Waals surface area contributed by atoms with Gasteiger partial charge < -0.3 is 16.4 Å². The summed E-state index contributed by atoms with van der Waals surface area (Å²) in [5, 5.41) is 0. The van der Waals surface area contributed by atoms with Crippen LogP contribution in [0.1, 0.15) is 13.8 Å². The molecule has 0 radical (unpaired) electrons. The van der Waals surface area contributed by atoms with Crippen LogP contribution < -0.4 is 0 Å². The van der Waals surface area contributed by atoms with Gasteiger partial charge in [0.25, 0.3) is 0 Å². The van der Waals surface area contributed by atoms with Crippen LogP contribution in [0.5, 0.6) is 0 Å². The van der Waals surface area contributed by atoms with Crippen molar-refractivity contribution in [2.45, 2.75) is 18.0 Å². The van der Waals surface area contributed by atoms with Gasteiger partial charge in [-0.2, -0.15) is 0 Å². The molecule has 0 amide bonds. The standard InChI is InChI=1S/C4H9.Hf.3H2O/c1-4(2)3;;;;/h4H,1H2,2-3H3;;3*1H2/q;+3;;;/p-3. The molecule has 0 aromatic rings. The molecule has 0 saturated heterocycles. The Morgan fingerprint density at radius 1 is 1.12 bits per heavy atom. The van der Waals surface area contributed by atoms with Gasteiger partial charge in [0.15, 0.2) is 0 Å². The third-order valence-electron chi connectivity index (χ3n) is 0.408. The van der Waals surface area contributed by atoms with Crippen molar-refractivity contribution in [2.75, 3.05) is 0 Å². The van der Waals surface area contributed by atoms with Gasteiger partial charge in [-0.3, -0.25) is 0 Å². The Hall–Kier alpha value is 0.750. The van der Waals surface area contributed by atoms with Crippen LogP contribution in [0.3, 0.4) is 0 Å². The van der Waals surface area contributed by atoms with Crippen LogP contribution in [0.4, 0.5) is 0 Å². The molecule has 0 aromatic heterocycles. The minimum Gasteiger partial charge on any atom is -0.870 e. The molecule has 3 nitrogen and oxygen atoms in total. The summed E-state index contributed by atoms with van der Waals surface area (Å²) in [6, 6.07) is 0. The van der Waals surface area contributed by atoms with Gasteiger partial charge in [-0.05, 0) is 0 Å². The Bertz CT molecular complexity index is 25.2. The van der Waals surface area contributed by atoms with E-state index in [0.29, 0.717) is 0 Å². The molecule has 0 rings (SSSR count). The first-order chi connectivity index (χ1) is 2.27. The van der Waals surface area contributed by atoms with Crippen LogP contribution in [0.15, 0.2) is 0 Å². The quantitative estimate of drug-likeness (QED) is 0.675. The maximum atomic E-state index is 2.26.